The Morgan fingerprint density at radius 1 is 1.22 bits per heavy atom. The minimum absolute atomic E-state index is 0.150. The number of aryl methyl sites for hydroxylation is 3. The minimum Gasteiger partial charge on any atom is -0.305 e. The number of thiophene rings is 1. The SMILES string of the molecule is Cc1ccc2nc(-c3cccs3)cc(C(=O)Nc3cc4n(n3)CCC4)c2c1. The fourth-order valence-corrected chi connectivity index (χ4v) is 4.27. The first-order chi connectivity index (χ1) is 13.2. The van der Waals surface area contributed by atoms with Gasteiger partial charge >= 0.3 is 0 Å². The lowest BCUT2D eigenvalue weighted by atomic mass is 10.0. The molecule has 0 saturated carbocycles. The third-order valence-electron chi connectivity index (χ3n) is 4.89. The van der Waals surface area contributed by atoms with Crippen molar-refractivity contribution < 1.29 is 4.79 Å². The van der Waals surface area contributed by atoms with E-state index in [1.807, 2.05) is 59.5 Å². The number of carbonyl (C=O) groups is 1. The van der Waals surface area contributed by atoms with Crippen molar-refractivity contribution in [2.75, 3.05) is 5.32 Å². The number of anilines is 1. The molecule has 6 heteroatoms. The quantitative estimate of drug-likeness (QED) is 0.567. The predicted molar refractivity (Wildman–Crippen MR) is 108 cm³/mol. The summed E-state index contributed by atoms with van der Waals surface area (Å²) in [6.45, 7) is 2.94. The second-order valence-electron chi connectivity index (χ2n) is 6.85. The zero-order valence-corrected chi connectivity index (χ0v) is 15.7. The summed E-state index contributed by atoms with van der Waals surface area (Å²) in [6.07, 6.45) is 2.14. The zero-order chi connectivity index (χ0) is 18.4. The van der Waals surface area contributed by atoms with Crippen LogP contribution in [0.2, 0.25) is 0 Å². The van der Waals surface area contributed by atoms with E-state index >= 15 is 0 Å². The number of fused-ring (bicyclic) bond motifs is 2. The number of carbonyl (C=O) groups excluding carboxylic acids is 1. The molecule has 27 heavy (non-hydrogen) atoms. The molecule has 0 fully saturated rings. The van der Waals surface area contributed by atoms with Crippen LogP contribution in [0.3, 0.4) is 0 Å². The third kappa shape index (κ3) is 2.92. The molecule has 1 aliphatic rings. The van der Waals surface area contributed by atoms with E-state index in [1.54, 1.807) is 11.3 Å². The first-order valence-electron chi connectivity index (χ1n) is 9.01. The second kappa shape index (κ2) is 6.32. The molecule has 3 aromatic heterocycles. The molecule has 0 saturated heterocycles. The highest BCUT2D eigenvalue weighted by atomic mass is 32.1. The lowest BCUT2D eigenvalue weighted by Gasteiger charge is -2.10. The molecule has 4 heterocycles. The van der Waals surface area contributed by atoms with Gasteiger partial charge in [0.25, 0.3) is 5.91 Å². The zero-order valence-electron chi connectivity index (χ0n) is 14.9. The van der Waals surface area contributed by atoms with Gasteiger partial charge in [-0.05, 0) is 49.4 Å². The standard InChI is InChI=1S/C21H18N4OS/c1-13-6-7-17-15(10-13)16(12-18(22-17)19-5-3-9-27-19)21(26)23-20-11-14-4-2-8-25(14)24-20/h3,5-7,9-12H,2,4,8H2,1H3,(H,23,24,26). The average Bonchev–Trinajstić information content (AvgIpc) is 3.38. The van der Waals surface area contributed by atoms with E-state index in [0.717, 1.165) is 46.4 Å². The summed E-state index contributed by atoms with van der Waals surface area (Å²) in [5.74, 6) is 0.465. The molecule has 0 atom stereocenters. The van der Waals surface area contributed by atoms with Crippen LogP contribution in [-0.4, -0.2) is 20.7 Å². The summed E-state index contributed by atoms with van der Waals surface area (Å²) in [6, 6.07) is 13.9. The highest BCUT2D eigenvalue weighted by Crippen LogP contribution is 2.29. The Hall–Kier alpha value is -2.99. The molecule has 0 bridgehead atoms. The number of nitrogens with zero attached hydrogens (tertiary/aromatic N) is 3. The van der Waals surface area contributed by atoms with Crippen LogP contribution in [0.15, 0.2) is 47.8 Å². The van der Waals surface area contributed by atoms with E-state index in [1.165, 1.54) is 5.69 Å². The molecule has 1 aliphatic heterocycles. The normalized spacial score (nSPS) is 13.1. The molecular formula is C21H18N4OS. The molecule has 0 unspecified atom stereocenters. The first-order valence-corrected chi connectivity index (χ1v) is 9.89. The van der Waals surface area contributed by atoms with Crippen molar-refractivity contribution in [3.63, 3.8) is 0 Å². The van der Waals surface area contributed by atoms with E-state index in [9.17, 15) is 4.79 Å². The minimum atomic E-state index is -0.150. The third-order valence-corrected chi connectivity index (χ3v) is 5.78. The summed E-state index contributed by atoms with van der Waals surface area (Å²) in [7, 11) is 0. The van der Waals surface area contributed by atoms with Crippen LogP contribution >= 0.6 is 11.3 Å². The summed E-state index contributed by atoms with van der Waals surface area (Å²) in [5, 5.41) is 10.4. The molecule has 1 N–H and O–H groups in total. The number of pyridine rings is 1. The number of benzene rings is 1. The van der Waals surface area contributed by atoms with Crippen molar-refractivity contribution in [2.45, 2.75) is 26.3 Å². The molecule has 4 aromatic rings. The van der Waals surface area contributed by atoms with E-state index in [-0.39, 0.29) is 5.91 Å². The van der Waals surface area contributed by atoms with Gasteiger partial charge in [-0.15, -0.1) is 11.3 Å². The maximum Gasteiger partial charge on any atom is 0.257 e. The van der Waals surface area contributed by atoms with E-state index in [2.05, 4.69) is 10.4 Å². The number of amides is 1. The lowest BCUT2D eigenvalue weighted by Crippen LogP contribution is -2.14. The maximum absolute atomic E-state index is 13.1. The Bertz CT molecular complexity index is 1140. The Morgan fingerprint density at radius 2 is 2.15 bits per heavy atom. The van der Waals surface area contributed by atoms with E-state index in [0.29, 0.717) is 11.4 Å². The van der Waals surface area contributed by atoms with Crippen LogP contribution in [-0.2, 0) is 13.0 Å². The van der Waals surface area contributed by atoms with Crippen LogP contribution in [0.4, 0.5) is 5.82 Å². The van der Waals surface area contributed by atoms with Crippen molar-refractivity contribution in [1.82, 2.24) is 14.8 Å². The monoisotopic (exact) mass is 374 g/mol. The van der Waals surface area contributed by atoms with Crippen molar-refractivity contribution in [1.29, 1.82) is 0 Å². The summed E-state index contributed by atoms with van der Waals surface area (Å²) >= 11 is 1.62. The second-order valence-corrected chi connectivity index (χ2v) is 7.80. The van der Waals surface area contributed by atoms with Gasteiger partial charge in [-0.2, -0.15) is 5.10 Å². The van der Waals surface area contributed by atoms with Crippen molar-refractivity contribution in [3.8, 4) is 10.6 Å². The van der Waals surface area contributed by atoms with Crippen molar-refractivity contribution in [2.24, 2.45) is 0 Å². The number of hydrogen-bond acceptors (Lipinski definition) is 4. The van der Waals surface area contributed by atoms with Gasteiger partial charge in [0.2, 0.25) is 0 Å². The summed E-state index contributed by atoms with van der Waals surface area (Å²) in [5.41, 5.74) is 4.55. The van der Waals surface area contributed by atoms with Gasteiger partial charge in [0.15, 0.2) is 5.82 Å². The molecule has 134 valence electrons. The Balaban J connectivity index is 1.59. The number of aromatic nitrogens is 3. The number of rotatable bonds is 3. The van der Waals surface area contributed by atoms with E-state index < -0.39 is 0 Å². The Labute approximate surface area is 160 Å². The first kappa shape index (κ1) is 16.2. The predicted octanol–water partition coefficient (Wildman–Crippen LogP) is 4.67. The molecule has 0 radical (unpaired) electrons. The van der Waals surface area contributed by atoms with Gasteiger partial charge in [0, 0.05) is 23.7 Å². The number of hydrogen-bond donors (Lipinski definition) is 1. The average molecular weight is 374 g/mol. The lowest BCUT2D eigenvalue weighted by molar-refractivity contribution is 0.102. The fourth-order valence-electron chi connectivity index (χ4n) is 3.58. The topological polar surface area (TPSA) is 59.8 Å². The molecule has 0 spiro atoms. The largest absolute Gasteiger partial charge is 0.305 e. The molecular weight excluding hydrogens is 356 g/mol. The highest BCUT2D eigenvalue weighted by molar-refractivity contribution is 7.13. The van der Waals surface area contributed by atoms with Crippen LogP contribution in [0.1, 0.15) is 28.0 Å². The Kier molecular flexibility index (Phi) is 3.79. The van der Waals surface area contributed by atoms with Crippen LogP contribution in [0, 0.1) is 6.92 Å². The number of nitrogens with one attached hydrogen (secondary N) is 1. The van der Waals surface area contributed by atoms with Gasteiger partial charge < -0.3 is 5.32 Å². The smallest absolute Gasteiger partial charge is 0.257 e. The maximum atomic E-state index is 13.1. The summed E-state index contributed by atoms with van der Waals surface area (Å²) < 4.78 is 1.97. The molecule has 1 amide bonds. The van der Waals surface area contributed by atoms with Gasteiger partial charge in [-0.3, -0.25) is 9.48 Å². The molecule has 5 nitrogen and oxygen atoms in total. The van der Waals surface area contributed by atoms with Crippen LogP contribution in [0.5, 0.6) is 0 Å². The van der Waals surface area contributed by atoms with Gasteiger partial charge in [0.1, 0.15) is 0 Å². The molecule has 5 rings (SSSR count). The molecule has 0 aliphatic carbocycles. The molecule has 1 aromatic carbocycles. The Morgan fingerprint density at radius 3 is 2.96 bits per heavy atom. The fraction of sp³-hybridized carbons (Fsp3) is 0.190. The van der Waals surface area contributed by atoms with Crippen molar-refractivity contribution in [3.05, 3.63) is 64.7 Å². The summed E-state index contributed by atoms with van der Waals surface area (Å²) in [4.78, 5) is 18.9. The van der Waals surface area contributed by atoms with Crippen LogP contribution in [0.25, 0.3) is 21.5 Å². The van der Waals surface area contributed by atoms with Gasteiger partial charge in [-0.25, -0.2) is 4.98 Å². The van der Waals surface area contributed by atoms with E-state index in [4.69, 9.17) is 4.98 Å². The highest BCUT2D eigenvalue weighted by Gasteiger charge is 2.18. The van der Waals surface area contributed by atoms with Gasteiger partial charge in [0.05, 0.1) is 21.7 Å². The van der Waals surface area contributed by atoms with Crippen LogP contribution < -0.4 is 5.32 Å². The van der Waals surface area contributed by atoms with Gasteiger partial charge in [-0.1, -0.05) is 17.7 Å². The van der Waals surface area contributed by atoms with Crippen molar-refractivity contribution >= 4 is 34.0 Å².